The van der Waals surface area contributed by atoms with Gasteiger partial charge in [0, 0.05) is 33.4 Å². The summed E-state index contributed by atoms with van der Waals surface area (Å²) in [5.74, 6) is -1.55. The summed E-state index contributed by atoms with van der Waals surface area (Å²) in [6, 6.07) is 15.2. The van der Waals surface area contributed by atoms with E-state index >= 15 is 0 Å². The number of amides is 1. The molecule has 44 heavy (non-hydrogen) atoms. The number of rotatable bonds is 11. The average Bonchev–Trinajstić information content (AvgIpc) is 3.36. The van der Waals surface area contributed by atoms with Crippen LogP contribution in [0.25, 0.3) is 5.69 Å². The van der Waals surface area contributed by atoms with Crippen molar-refractivity contribution in [3.63, 3.8) is 0 Å². The van der Waals surface area contributed by atoms with Crippen molar-refractivity contribution >= 4 is 47.2 Å². The van der Waals surface area contributed by atoms with E-state index in [9.17, 15) is 19.2 Å². The Morgan fingerprint density at radius 2 is 1.57 bits per heavy atom. The Morgan fingerprint density at radius 3 is 2.20 bits per heavy atom. The Morgan fingerprint density at radius 1 is 0.909 bits per heavy atom. The predicted molar refractivity (Wildman–Crippen MR) is 157 cm³/mol. The number of nitrogens with zero attached hydrogens (tertiary/aromatic N) is 3. The first-order chi connectivity index (χ1) is 21.0. The summed E-state index contributed by atoms with van der Waals surface area (Å²) in [5.41, 5.74) is -0.282. The second-order valence-corrected chi connectivity index (χ2v) is 11.1. The van der Waals surface area contributed by atoms with Gasteiger partial charge in [-0.3, -0.25) is 23.7 Å². The van der Waals surface area contributed by atoms with Gasteiger partial charge < -0.3 is 29.0 Å². The number of para-hydroxylation sites is 2. The Balaban J connectivity index is 1.73. The maximum atomic E-state index is 12.4. The topological polar surface area (TPSA) is 157 Å². The lowest BCUT2D eigenvalue weighted by Crippen LogP contribution is -2.65. The highest BCUT2D eigenvalue weighted by Gasteiger charge is 2.51. The summed E-state index contributed by atoms with van der Waals surface area (Å²) >= 11 is 7.34. The molecular formula is C29H31ClN4O9S. The fourth-order valence-corrected chi connectivity index (χ4v) is 5.88. The van der Waals surface area contributed by atoms with E-state index in [0.29, 0.717) is 27.4 Å². The van der Waals surface area contributed by atoms with Crippen molar-refractivity contribution in [2.45, 2.75) is 69.2 Å². The number of carbonyl (C=O) groups excluding carboxylic acids is 4. The lowest BCUT2D eigenvalue weighted by Gasteiger charge is -2.44. The second-order valence-electron chi connectivity index (χ2n) is 9.63. The standard InChI is InChI=1S/C29H31ClN4O9S/c1-16(35)31-25-27(42-19(4)38)26(41-18(3)37)23(14-39-17(2)36)43-28(25)44-29-33-32-24(34(29)20-10-6-5-7-11-20)15-40-22-13-9-8-12-21(22)30/h5-13,23,25-28H,14-15H2,1-4H3,(H,31,35). The van der Waals surface area contributed by atoms with E-state index in [4.69, 9.17) is 35.3 Å². The summed E-state index contributed by atoms with van der Waals surface area (Å²) in [7, 11) is 0. The van der Waals surface area contributed by atoms with E-state index in [1.165, 1.54) is 27.7 Å². The minimum absolute atomic E-state index is 0.00646. The number of ether oxygens (including phenoxy) is 5. The van der Waals surface area contributed by atoms with Gasteiger partial charge in [-0.15, -0.1) is 10.2 Å². The SMILES string of the molecule is CC(=O)NC1C(Sc2nnc(COc3ccccc3Cl)n2-c2ccccc2)OC(COC(C)=O)C(OC(C)=O)C1OC(C)=O. The van der Waals surface area contributed by atoms with Gasteiger partial charge >= 0.3 is 17.9 Å². The van der Waals surface area contributed by atoms with Crippen LogP contribution in [0.5, 0.6) is 5.75 Å². The molecule has 13 nitrogen and oxygen atoms in total. The molecule has 1 amide bonds. The van der Waals surface area contributed by atoms with Crippen LogP contribution >= 0.6 is 23.4 Å². The minimum atomic E-state index is -1.21. The van der Waals surface area contributed by atoms with Crippen LogP contribution in [-0.4, -0.2) is 75.0 Å². The van der Waals surface area contributed by atoms with Crippen molar-refractivity contribution in [3.05, 3.63) is 65.4 Å². The number of halogens is 1. The number of benzene rings is 2. The zero-order valence-corrected chi connectivity index (χ0v) is 25.9. The van der Waals surface area contributed by atoms with E-state index < -0.39 is 53.6 Å². The molecule has 1 saturated heterocycles. The van der Waals surface area contributed by atoms with Crippen LogP contribution in [0.1, 0.15) is 33.5 Å². The zero-order chi connectivity index (χ0) is 31.8. The van der Waals surface area contributed by atoms with Gasteiger partial charge in [-0.05, 0) is 24.3 Å². The monoisotopic (exact) mass is 646 g/mol. The van der Waals surface area contributed by atoms with Gasteiger partial charge in [0.1, 0.15) is 36.5 Å². The molecule has 0 aliphatic carbocycles. The molecule has 1 aromatic heterocycles. The molecule has 0 saturated carbocycles. The summed E-state index contributed by atoms with van der Waals surface area (Å²) in [4.78, 5) is 48.3. The molecule has 1 aliphatic heterocycles. The first-order valence-electron chi connectivity index (χ1n) is 13.5. The number of thioether (sulfide) groups is 1. The van der Waals surface area contributed by atoms with Crippen LogP contribution in [0.15, 0.2) is 59.8 Å². The van der Waals surface area contributed by atoms with Gasteiger partial charge in [-0.25, -0.2) is 0 Å². The number of hydrogen-bond acceptors (Lipinski definition) is 12. The molecule has 3 aromatic rings. The Hall–Kier alpha value is -4.14. The quantitative estimate of drug-likeness (QED) is 0.240. The van der Waals surface area contributed by atoms with E-state index in [1.54, 1.807) is 28.8 Å². The van der Waals surface area contributed by atoms with Gasteiger partial charge in [0.05, 0.1) is 5.02 Å². The van der Waals surface area contributed by atoms with Crippen molar-refractivity contribution in [3.8, 4) is 11.4 Å². The van der Waals surface area contributed by atoms with Crippen molar-refractivity contribution in [1.82, 2.24) is 20.1 Å². The maximum absolute atomic E-state index is 12.4. The van der Waals surface area contributed by atoms with Crippen molar-refractivity contribution in [2.24, 2.45) is 0 Å². The molecule has 1 aliphatic rings. The van der Waals surface area contributed by atoms with Crippen LogP contribution in [-0.2, 0) is 44.7 Å². The predicted octanol–water partition coefficient (Wildman–Crippen LogP) is 3.25. The molecule has 5 unspecified atom stereocenters. The molecule has 2 heterocycles. The Labute approximate surface area is 262 Å². The summed E-state index contributed by atoms with van der Waals surface area (Å²) in [6.07, 6.45) is -3.48. The van der Waals surface area contributed by atoms with Crippen LogP contribution in [0, 0.1) is 0 Å². The highest BCUT2D eigenvalue weighted by Crippen LogP contribution is 2.37. The van der Waals surface area contributed by atoms with Crippen LogP contribution < -0.4 is 10.1 Å². The summed E-state index contributed by atoms with van der Waals surface area (Å²) in [6.45, 7) is 4.55. The van der Waals surface area contributed by atoms with E-state index in [-0.39, 0.29) is 13.2 Å². The lowest BCUT2D eigenvalue weighted by molar-refractivity contribution is -0.211. The highest BCUT2D eigenvalue weighted by molar-refractivity contribution is 7.99. The van der Waals surface area contributed by atoms with Crippen LogP contribution in [0.4, 0.5) is 0 Å². The first-order valence-corrected chi connectivity index (χ1v) is 14.7. The number of nitrogens with one attached hydrogen (secondary N) is 1. The molecule has 4 rings (SSSR count). The fraction of sp³-hybridized carbons (Fsp3) is 0.379. The van der Waals surface area contributed by atoms with E-state index in [2.05, 4.69) is 15.5 Å². The smallest absolute Gasteiger partial charge is 0.303 e. The molecule has 0 spiro atoms. The Bertz CT molecular complexity index is 1490. The van der Waals surface area contributed by atoms with Gasteiger partial charge in [0.25, 0.3) is 0 Å². The van der Waals surface area contributed by atoms with Crippen molar-refractivity contribution in [1.29, 1.82) is 0 Å². The summed E-state index contributed by atoms with van der Waals surface area (Å²) < 4.78 is 30.3. The van der Waals surface area contributed by atoms with Crippen LogP contribution in [0.3, 0.4) is 0 Å². The van der Waals surface area contributed by atoms with Crippen molar-refractivity contribution in [2.75, 3.05) is 6.61 Å². The average molecular weight is 647 g/mol. The molecular weight excluding hydrogens is 616 g/mol. The van der Waals surface area contributed by atoms with Crippen molar-refractivity contribution < 1.29 is 42.9 Å². The lowest BCUT2D eigenvalue weighted by atomic mass is 9.97. The third-order valence-electron chi connectivity index (χ3n) is 6.20. The fourth-order valence-electron chi connectivity index (χ4n) is 4.51. The van der Waals surface area contributed by atoms with Gasteiger partial charge in [0.2, 0.25) is 5.91 Å². The zero-order valence-electron chi connectivity index (χ0n) is 24.3. The second kappa shape index (κ2) is 15.0. The molecule has 0 bridgehead atoms. The molecule has 1 fully saturated rings. The van der Waals surface area contributed by atoms with Gasteiger partial charge in [-0.1, -0.05) is 53.7 Å². The van der Waals surface area contributed by atoms with E-state index in [0.717, 1.165) is 11.8 Å². The molecule has 15 heteroatoms. The van der Waals surface area contributed by atoms with Gasteiger partial charge in [0.15, 0.2) is 23.2 Å². The third kappa shape index (κ3) is 8.49. The maximum Gasteiger partial charge on any atom is 0.303 e. The molecule has 5 atom stereocenters. The largest absolute Gasteiger partial charge is 0.484 e. The van der Waals surface area contributed by atoms with Gasteiger partial charge in [-0.2, -0.15) is 0 Å². The first kappa shape index (κ1) is 32.8. The summed E-state index contributed by atoms with van der Waals surface area (Å²) in [5, 5.41) is 12.3. The number of hydrogen-bond donors (Lipinski definition) is 1. The molecule has 1 N–H and O–H groups in total. The Kier molecular flexibility index (Phi) is 11.2. The molecule has 2 aromatic carbocycles. The number of carbonyl (C=O) groups is 4. The minimum Gasteiger partial charge on any atom is -0.484 e. The van der Waals surface area contributed by atoms with E-state index in [1.807, 2.05) is 30.3 Å². The highest BCUT2D eigenvalue weighted by atomic mass is 35.5. The number of aromatic nitrogens is 3. The van der Waals surface area contributed by atoms with Crippen LogP contribution in [0.2, 0.25) is 5.02 Å². The third-order valence-corrected chi connectivity index (χ3v) is 7.62. The molecule has 0 radical (unpaired) electrons. The molecule has 234 valence electrons. The number of esters is 3. The normalized spacial score (nSPS) is 21.2.